The standard InChI is InChI=1S/C15H12F2INO2S/c16-12-6-7-13(14(17)15(12)18)19-22(20,21)11-5-4-9-2-1-3-10(9)8-11/h4-8,19H,1-3H2. The van der Waals surface area contributed by atoms with Crippen molar-refractivity contribution in [3.63, 3.8) is 0 Å². The van der Waals surface area contributed by atoms with Gasteiger partial charge in [0.2, 0.25) is 0 Å². The highest BCUT2D eigenvalue weighted by Gasteiger charge is 2.21. The smallest absolute Gasteiger partial charge is 0.261 e. The predicted molar refractivity (Wildman–Crippen MR) is 88.4 cm³/mol. The molecule has 1 aliphatic rings. The third kappa shape index (κ3) is 2.83. The van der Waals surface area contributed by atoms with Crippen molar-refractivity contribution in [2.75, 3.05) is 4.72 Å². The molecule has 2 aromatic carbocycles. The number of anilines is 1. The Morgan fingerprint density at radius 2 is 1.77 bits per heavy atom. The van der Waals surface area contributed by atoms with Gasteiger partial charge in [-0.25, -0.2) is 17.2 Å². The summed E-state index contributed by atoms with van der Waals surface area (Å²) in [5.41, 5.74) is 1.91. The molecule has 0 bridgehead atoms. The number of hydrogen-bond donors (Lipinski definition) is 1. The van der Waals surface area contributed by atoms with Crippen molar-refractivity contribution in [2.45, 2.75) is 24.2 Å². The van der Waals surface area contributed by atoms with E-state index in [1.54, 1.807) is 12.1 Å². The third-order valence-electron chi connectivity index (χ3n) is 3.66. The molecule has 1 aliphatic carbocycles. The van der Waals surface area contributed by atoms with E-state index in [0.717, 1.165) is 42.5 Å². The van der Waals surface area contributed by atoms with Gasteiger partial charge in [0.05, 0.1) is 14.2 Å². The summed E-state index contributed by atoms with van der Waals surface area (Å²) < 4.78 is 53.9. The number of hydrogen-bond acceptors (Lipinski definition) is 2. The average molecular weight is 435 g/mol. The Morgan fingerprint density at radius 3 is 2.55 bits per heavy atom. The van der Waals surface area contributed by atoms with Gasteiger partial charge in [0.25, 0.3) is 10.0 Å². The summed E-state index contributed by atoms with van der Waals surface area (Å²) >= 11 is 1.50. The quantitative estimate of drug-likeness (QED) is 0.588. The molecule has 7 heteroatoms. The molecule has 0 radical (unpaired) electrons. The van der Waals surface area contributed by atoms with Gasteiger partial charge in [-0.2, -0.15) is 0 Å². The monoisotopic (exact) mass is 435 g/mol. The van der Waals surface area contributed by atoms with Crippen molar-refractivity contribution in [3.8, 4) is 0 Å². The van der Waals surface area contributed by atoms with Gasteiger partial charge in [-0.15, -0.1) is 0 Å². The van der Waals surface area contributed by atoms with Crippen LogP contribution in [0.25, 0.3) is 0 Å². The van der Waals surface area contributed by atoms with Gasteiger partial charge in [-0.3, -0.25) is 4.72 Å². The molecular weight excluding hydrogens is 423 g/mol. The predicted octanol–water partition coefficient (Wildman–Crippen LogP) is 3.86. The lowest BCUT2D eigenvalue weighted by molar-refractivity contribution is 0.571. The molecule has 1 N–H and O–H groups in total. The Bertz CT molecular complexity index is 853. The highest BCUT2D eigenvalue weighted by molar-refractivity contribution is 14.1. The van der Waals surface area contributed by atoms with E-state index in [-0.39, 0.29) is 14.2 Å². The molecule has 0 spiro atoms. The van der Waals surface area contributed by atoms with Crippen LogP contribution in [0, 0.1) is 15.2 Å². The van der Waals surface area contributed by atoms with E-state index >= 15 is 0 Å². The Labute approximate surface area is 140 Å². The van der Waals surface area contributed by atoms with Crippen molar-refractivity contribution in [3.05, 3.63) is 56.7 Å². The lowest BCUT2D eigenvalue weighted by atomic mass is 10.1. The van der Waals surface area contributed by atoms with E-state index < -0.39 is 21.7 Å². The van der Waals surface area contributed by atoms with E-state index in [1.807, 2.05) is 0 Å². The summed E-state index contributed by atoms with van der Waals surface area (Å²) in [6.45, 7) is 0. The van der Waals surface area contributed by atoms with Crippen molar-refractivity contribution >= 4 is 38.3 Å². The maximum absolute atomic E-state index is 14.0. The molecule has 3 nitrogen and oxygen atoms in total. The molecule has 0 aromatic heterocycles. The van der Waals surface area contributed by atoms with Crippen LogP contribution in [0.5, 0.6) is 0 Å². The van der Waals surface area contributed by atoms with E-state index in [2.05, 4.69) is 4.72 Å². The molecule has 0 saturated heterocycles. The van der Waals surface area contributed by atoms with Gasteiger partial charge in [0, 0.05) is 0 Å². The van der Waals surface area contributed by atoms with Crippen LogP contribution in [-0.4, -0.2) is 8.42 Å². The molecule has 2 aromatic rings. The van der Waals surface area contributed by atoms with E-state index in [9.17, 15) is 17.2 Å². The van der Waals surface area contributed by atoms with Gasteiger partial charge in [0.15, 0.2) is 5.82 Å². The van der Waals surface area contributed by atoms with Crippen LogP contribution in [-0.2, 0) is 22.9 Å². The average Bonchev–Trinajstić information content (AvgIpc) is 2.95. The number of fused-ring (bicyclic) bond motifs is 1. The molecule has 116 valence electrons. The minimum absolute atomic E-state index is 0.0897. The van der Waals surface area contributed by atoms with Gasteiger partial charge < -0.3 is 0 Å². The minimum atomic E-state index is -3.90. The zero-order valence-corrected chi connectivity index (χ0v) is 14.3. The maximum atomic E-state index is 14.0. The third-order valence-corrected chi connectivity index (χ3v) is 6.01. The molecular formula is C15H12F2INO2S. The second-order valence-electron chi connectivity index (χ2n) is 5.11. The van der Waals surface area contributed by atoms with E-state index in [1.165, 1.54) is 28.7 Å². The van der Waals surface area contributed by atoms with Gasteiger partial charge >= 0.3 is 0 Å². The van der Waals surface area contributed by atoms with Crippen molar-refractivity contribution in [2.24, 2.45) is 0 Å². The first-order chi connectivity index (χ1) is 10.4. The number of halogens is 3. The van der Waals surface area contributed by atoms with Crippen LogP contribution in [0.4, 0.5) is 14.5 Å². The lowest BCUT2D eigenvalue weighted by Gasteiger charge is -2.11. The first-order valence-corrected chi connectivity index (χ1v) is 9.23. The second-order valence-corrected chi connectivity index (χ2v) is 7.87. The molecule has 0 atom stereocenters. The fourth-order valence-electron chi connectivity index (χ4n) is 2.52. The summed E-state index contributed by atoms with van der Waals surface area (Å²) in [4.78, 5) is 0.0897. The number of aryl methyl sites for hydroxylation is 2. The Kier molecular flexibility index (Phi) is 4.11. The summed E-state index contributed by atoms with van der Waals surface area (Å²) in [6, 6.07) is 7.04. The van der Waals surface area contributed by atoms with E-state index in [0.29, 0.717) is 0 Å². The number of nitrogens with one attached hydrogen (secondary N) is 1. The molecule has 0 aliphatic heterocycles. The van der Waals surface area contributed by atoms with Crippen molar-refractivity contribution < 1.29 is 17.2 Å². The second kappa shape index (κ2) is 5.77. The first kappa shape index (κ1) is 15.7. The van der Waals surface area contributed by atoms with Gasteiger partial charge in [0.1, 0.15) is 5.82 Å². The first-order valence-electron chi connectivity index (χ1n) is 6.66. The summed E-state index contributed by atoms with van der Waals surface area (Å²) in [6.07, 6.45) is 2.81. The Morgan fingerprint density at radius 1 is 1.05 bits per heavy atom. The fraction of sp³-hybridized carbons (Fsp3) is 0.200. The summed E-state index contributed by atoms with van der Waals surface area (Å²) in [5.74, 6) is -1.64. The normalized spacial score (nSPS) is 14.0. The van der Waals surface area contributed by atoms with Crippen LogP contribution >= 0.6 is 22.6 Å². The minimum Gasteiger partial charge on any atom is -0.277 e. The van der Waals surface area contributed by atoms with E-state index in [4.69, 9.17) is 0 Å². The zero-order chi connectivity index (χ0) is 15.9. The summed E-state index contributed by atoms with van der Waals surface area (Å²) in [5, 5.41) is 0. The van der Waals surface area contributed by atoms with Gasteiger partial charge in [-0.05, 0) is 77.2 Å². The lowest BCUT2D eigenvalue weighted by Crippen LogP contribution is -2.15. The molecule has 0 saturated carbocycles. The molecule has 22 heavy (non-hydrogen) atoms. The fourth-order valence-corrected chi connectivity index (χ4v) is 4.10. The van der Waals surface area contributed by atoms with Gasteiger partial charge in [-0.1, -0.05) is 6.07 Å². The molecule has 0 amide bonds. The molecule has 0 fully saturated rings. The number of sulfonamides is 1. The van der Waals surface area contributed by atoms with Crippen LogP contribution < -0.4 is 4.72 Å². The summed E-state index contributed by atoms with van der Waals surface area (Å²) in [7, 11) is -3.90. The Balaban J connectivity index is 1.96. The topological polar surface area (TPSA) is 46.2 Å². The van der Waals surface area contributed by atoms with Crippen LogP contribution in [0.3, 0.4) is 0 Å². The molecule has 0 unspecified atom stereocenters. The Hall–Kier alpha value is -1.22. The van der Waals surface area contributed by atoms with Crippen LogP contribution in [0.15, 0.2) is 35.2 Å². The highest BCUT2D eigenvalue weighted by Crippen LogP contribution is 2.28. The van der Waals surface area contributed by atoms with Crippen LogP contribution in [0.1, 0.15) is 17.5 Å². The maximum Gasteiger partial charge on any atom is 0.261 e. The largest absolute Gasteiger partial charge is 0.277 e. The SMILES string of the molecule is O=S(=O)(Nc1ccc(F)c(I)c1F)c1ccc2c(c1)CCC2. The highest BCUT2D eigenvalue weighted by atomic mass is 127. The van der Waals surface area contributed by atoms with Crippen molar-refractivity contribution in [1.82, 2.24) is 0 Å². The van der Waals surface area contributed by atoms with Crippen LogP contribution in [0.2, 0.25) is 0 Å². The molecule has 3 rings (SSSR count). The zero-order valence-electron chi connectivity index (χ0n) is 11.4. The number of rotatable bonds is 3. The van der Waals surface area contributed by atoms with Crippen molar-refractivity contribution in [1.29, 1.82) is 0 Å². The molecule has 0 heterocycles. The number of benzene rings is 2.